The number of aromatic nitrogens is 2. The summed E-state index contributed by atoms with van der Waals surface area (Å²) in [5, 5.41) is 3.21. The van der Waals surface area contributed by atoms with Crippen molar-refractivity contribution in [2.24, 2.45) is 0 Å². The second kappa shape index (κ2) is 6.37. The van der Waals surface area contributed by atoms with Crippen LogP contribution in [0.1, 0.15) is 30.0 Å². The van der Waals surface area contributed by atoms with E-state index >= 15 is 0 Å². The Morgan fingerprint density at radius 2 is 1.85 bits per heavy atom. The quantitative estimate of drug-likeness (QED) is 0.892. The number of hydrogen-bond acceptors (Lipinski definition) is 4. The molecular weight excluding hydrogens is 250 g/mol. The van der Waals surface area contributed by atoms with Gasteiger partial charge in [0.2, 0.25) is 5.88 Å². The fraction of sp³-hybridized carbons (Fsp3) is 0.375. The van der Waals surface area contributed by atoms with Gasteiger partial charge in [-0.05, 0) is 43.9 Å². The maximum Gasteiger partial charge on any atom is 0.239 e. The van der Waals surface area contributed by atoms with Crippen molar-refractivity contribution in [3.8, 4) is 11.6 Å². The fourth-order valence-electron chi connectivity index (χ4n) is 1.92. The normalized spacial score (nSPS) is 10.4. The average Bonchev–Trinajstić information content (AvgIpc) is 2.46. The molecule has 0 saturated carbocycles. The molecule has 0 spiro atoms. The highest BCUT2D eigenvalue weighted by Gasteiger charge is 2.09. The van der Waals surface area contributed by atoms with Gasteiger partial charge in [-0.3, -0.25) is 4.98 Å². The van der Waals surface area contributed by atoms with E-state index in [0.717, 1.165) is 35.7 Å². The summed E-state index contributed by atoms with van der Waals surface area (Å²) >= 11 is 0. The molecule has 20 heavy (non-hydrogen) atoms. The van der Waals surface area contributed by atoms with Gasteiger partial charge in [0.05, 0.1) is 12.4 Å². The lowest BCUT2D eigenvalue weighted by Crippen LogP contribution is -2.03. The van der Waals surface area contributed by atoms with Gasteiger partial charge < -0.3 is 10.1 Å². The number of benzene rings is 1. The predicted molar refractivity (Wildman–Crippen MR) is 81.5 cm³/mol. The van der Waals surface area contributed by atoms with Crippen molar-refractivity contribution in [2.45, 2.75) is 34.1 Å². The van der Waals surface area contributed by atoms with Gasteiger partial charge in [0, 0.05) is 6.54 Å². The molecule has 1 aromatic carbocycles. The van der Waals surface area contributed by atoms with E-state index in [4.69, 9.17) is 4.74 Å². The van der Waals surface area contributed by atoms with Crippen LogP contribution in [0.3, 0.4) is 0 Å². The highest BCUT2D eigenvalue weighted by atomic mass is 16.5. The molecular formula is C16H21N3O. The summed E-state index contributed by atoms with van der Waals surface area (Å²) in [5.41, 5.74) is 3.44. The Labute approximate surface area is 120 Å². The number of nitrogens with zero attached hydrogens (tertiary/aromatic N) is 2. The summed E-state index contributed by atoms with van der Waals surface area (Å²) in [6.07, 6.45) is 4.39. The van der Waals surface area contributed by atoms with Crippen LogP contribution in [0.25, 0.3) is 0 Å². The third-order valence-electron chi connectivity index (χ3n) is 3.25. The molecule has 1 aromatic heterocycles. The monoisotopic (exact) mass is 271 g/mol. The first-order valence-corrected chi connectivity index (χ1v) is 6.92. The predicted octanol–water partition coefficient (Wildman–Crippen LogP) is 4.02. The Kier molecular flexibility index (Phi) is 4.56. The standard InChI is InChI=1S/C16H21N3O/c1-5-8-18-14-9-17-10-15(19-14)20-16-12(3)7-6-11(2)13(16)4/h6-7,9-10H,5,8H2,1-4H3,(H,18,19). The Hall–Kier alpha value is -2.10. The van der Waals surface area contributed by atoms with Gasteiger partial charge in [-0.1, -0.05) is 19.1 Å². The molecule has 4 heteroatoms. The molecule has 2 rings (SSSR count). The summed E-state index contributed by atoms with van der Waals surface area (Å²) in [7, 11) is 0. The van der Waals surface area contributed by atoms with Crippen molar-refractivity contribution >= 4 is 5.82 Å². The zero-order chi connectivity index (χ0) is 14.5. The van der Waals surface area contributed by atoms with Crippen molar-refractivity contribution in [3.05, 3.63) is 41.2 Å². The summed E-state index contributed by atoms with van der Waals surface area (Å²) in [5.74, 6) is 2.13. The fourth-order valence-corrected chi connectivity index (χ4v) is 1.92. The van der Waals surface area contributed by atoms with Crippen LogP contribution >= 0.6 is 0 Å². The first-order chi connectivity index (χ1) is 9.61. The van der Waals surface area contributed by atoms with Crippen molar-refractivity contribution in [2.75, 3.05) is 11.9 Å². The maximum absolute atomic E-state index is 5.93. The molecule has 0 amide bonds. The summed E-state index contributed by atoms with van der Waals surface area (Å²) in [4.78, 5) is 8.59. The van der Waals surface area contributed by atoms with Crippen molar-refractivity contribution in [3.63, 3.8) is 0 Å². The van der Waals surface area contributed by atoms with E-state index in [2.05, 4.69) is 48.2 Å². The molecule has 0 unspecified atom stereocenters. The molecule has 4 nitrogen and oxygen atoms in total. The average molecular weight is 271 g/mol. The number of aryl methyl sites for hydroxylation is 2. The molecule has 1 N–H and O–H groups in total. The molecule has 0 bridgehead atoms. The third kappa shape index (κ3) is 3.26. The maximum atomic E-state index is 5.93. The van der Waals surface area contributed by atoms with Crippen molar-refractivity contribution in [1.82, 2.24) is 9.97 Å². The van der Waals surface area contributed by atoms with Crippen LogP contribution in [0.15, 0.2) is 24.5 Å². The molecule has 0 radical (unpaired) electrons. The minimum absolute atomic E-state index is 0.517. The molecule has 0 aliphatic rings. The molecule has 0 fully saturated rings. The van der Waals surface area contributed by atoms with Crippen molar-refractivity contribution in [1.29, 1.82) is 0 Å². The summed E-state index contributed by atoms with van der Waals surface area (Å²) < 4.78 is 5.93. The minimum atomic E-state index is 0.517. The van der Waals surface area contributed by atoms with Crippen LogP contribution in [0.5, 0.6) is 11.6 Å². The molecule has 106 valence electrons. The van der Waals surface area contributed by atoms with E-state index in [1.807, 2.05) is 6.92 Å². The van der Waals surface area contributed by atoms with E-state index in [1.54, 1.807) is 12.4 Å². The third-order valence-corrected chi connectivity index (χ3v) is 3.25. The molecule has 0 saturated heterocycles. The summed E-state index contributed by atoms with van der Waals surface area (Å²) in [6, 6.07) is 4.16. The van der Waals surface area contributed by atoms with Crippen LogP contribution in [-0.4, -0.2) is 16.5 Å². The zero-order valence-electron chi connectivity index (χ0n) is 12.5. The van der Waals surface area contributed by atoms with Gasteiger partial charge >= 0.3 is 0 Å². The van der Waals surface area contributed by atoms with Crippen LogP contribution in [0.4, 0.5) is 5.82 Å². The highest BCUT2D eigenvalue weighted by Crippen LogP contribution is 2.29. The topological polar surface area (TPSA) is 47.0 Å². The first kappa shape index (κ1) is 14.3. The van der Waals surface area contributed by atoms with Gasteiger partial charge in [-0.2, -0.15) is 4.98 Å². The van der Waals surface area contributed by atoms with Crippen LogP contribution < -0.4 is 10.1 Å². The lowest BCUT2D eigenvalue weighted by atomic mass is 10.1. The van der Waals surface area contributed by atoms with E-state index < -0.39 is 0 Å². The second-order valence-electron chi connectivity index (χ2n) is 4.92. The van der Waals surface area contributed by atoms with Gasteiger partial charge in [-0.15, -0.1) is 0 Å². The van der Waals surface area contributed by atoms with Crippen LogP contribution in [0.2, 0.25) is 0 Å². The molecule has 2 aromatic rings. The largest absolute Gasteiger partial charge is 0.437 e. The number of rotatable bonds is 5. The van der Waals surface area contributed by atoms with E-state index in [-0.39, 0.29) is 0 Å². The second-order valence-corrected chi connectivity index (χ2v) is 4.92. The Balaban J connectivity index is 2.24. The Morgan fingerprint density at radius 1 is 1.10 bits per heavy atom. The Morgan fingerprint density at radius 3 is 2.60 bits per heavy atom. The number of nitrogens with one attached hydrogen (secondary N) is 1. The minimum Gasteiger partial charge on any atom is -0.437 e. The van der Waals surface area contributed by atoms with Gasteiger partial charge in [-0.25, -0.2) is 0 Å². The SMILES string of the molecule is CCCNc1cncc(Oc2c(C)ccc(C)c2C)n1. The first-order valence-electron chi connectivity index (χ1n) is 6.92. The van der Waals surface area contributed by atoms with E-state index in [0.29, 0.717) is 5.88 Å². The lowest BCUT2D eigenvalue weighted by Gasteiger charge is -2.13. The summed E-state index contributed by atoms with van der Waals surface area (Å²) in [6.45, 7) is 9.16. The van der Waals surface area contributed by atoms with Gasteiger partial charge in [0.25, 0.3) is 0 Å². The molecule has 0 atom stereocenters. The zero-order valence-corrected chi connectivity index (χ0v) is 12.5. The molecule has 1 heterocycles. The van der Waals surface area contributed by atoms with Crippen molar-refractivity contribution < 1.29 is 4.74 Å². The smallest absolute Gasteiger partial charge is 0.239 e. The Bertz CT molecular complexity index is 596. The molecule has 0 aliphatic carbocycles. The van der Waals surface area contributed by atoms with Crippen LogP contribution in [-0.2, 0) is 0 Å². The number of hydrogen-bond donors (Lipinski definition) is 1. The lowest BCUT2D eigenvalue weighted by molar-refractivity contribution is 0.453. The van der Waals surface area contributed by atoms with E-state index in [9.17, 15) is 0 Å². The highest BCUT2D eigenvalue weighted by molar-refractivity contribution is 5.46. The molecule has 0 aliphatic heterocycles. The van der Waals surface area contributed by atoms with Gasteiger partial charge in [0.1, 0.15) is 11.6 Å². The number of ether oxygens (including phenoxy) is 1. The van der Waals surface area contributed by atoms with E-state index in [1.165, 1.54) is 5.56 Å². The van der Waals surface area contributed by atoms with Gasteiger partial charge in [0.15, 0.2) is 0 Å². The van der Waals surface area contributed by atoms with Crippen LogP contribution in [0, 0.1) is 20.8 Å². The number of anilines is 1.